The number of carbonyl (C=O) groups excluding carboxylic acids is 1. The van der Waals surface area contributed by atoms with Crippen molar-refractivity contribution in [2.75, 3.05) is 6.61 Å². The number of hydrogen-bond acceptors (Lipinski definition) is 4. The molecule has 0 spiro atoms. The summed E-state index contributed by atoms with van der Waals surface area (Å²) in [5.41, 5.74) is 2.20. The highest BCUT2D eigenvalue weighted by molar-refractivity contribution is 7.80. The van der Waals surface area contributed by atoms with E-state index < -0.39 is 0 Å². The zero-order chi connectivity index (χ0) is 18.5. The van der Waals surface area contributed by atoms with Gasteiger partial charge in [-0.15, -0.1) is 0 Å². The predicted octanol–water partition coefficient (Wildman–Crippen LogP) is 3.66. The molecular formula is C19H17ClN2O3S. The fourth-order valence-electron chi connectivity index (χ4n) is 2.39. The van der Waals surface area contributed by atoms with Crippen LogP contribution in [0.4, 0.5) is 0 Å². The summed E-state index contributed by atoms with van der Waals surface area (Å²) in [5.74, 6) is 0.983. The molecule has 1 aliphatic rings. The number of thiocarbonyl (C=S) groups is 1. The summed E-state index contributed by atoms with van der Waals surface area (Å²) < 4.78 is 11.5. The van der Waals surface area contributed by atoms with Gasteiger partial charge in [0, 0.05) is 5.02 Å². The molecule has 26 heavy (non-hydrogen) atoms. The summed E-state index contributed by atoms with van der Waals surface area (Å²) in [6.45, 7) is 2.80. The van der Waals surface area contributed by atoms with Gasteiger partial charge in [-0.2, -0.15) is 0 Å². The maximum Gasteiger partial charge on any atom is 0.273 e. The Morgan fingerprint density at radius 2 is 1.85 bits per heavy atom. The summed E-state index contributed by atoms with van der Waals surface area (Å²) in [7, 11) is 0. The zero-order valence-corrected chi connectivity index (χ0v) is 15.6. The van der Waals surface area contributed by atoms with E-state index in [0.717, 1.165) is 11.1 Å². The summed E-state index contributed by atoms with van der Waals surface area (Å²) in [6, 6.07) is 13.0. The van der Waals surface area contributed by atoms with E-state index >= 15 is 0 Å². The maximum absolute atomic E-state index is 11.8. The van der Waals surface area contributed by atoms with Crippen LogP contribution < -0.4 is 20.1 Å². The Balaban J connectivity index is 1.78. The largest absolute Gasteiger partial charge is 0.490 e. The molecule has 3 rings (SSSR count). The number of nitrogens with one attached hydrogen (secondary N) is 2. The zero-order valence-electron chi connectivity index (χ0n) is 14.0. The molecule has 134 valence electrons. The van der Waals surface area contributed by atoms with Crippen LogP contribution in [0.3, 0.4) is 0 Å². The van der Waals surface area contributed by atoms with E-state index in [1.807, 2.05) is 49.4 Å². The van der Waals surface area contributed by atoms with Crippen LogP contribution in [0.5, 0.6) is 11.5 Å². The summed E-state index contributed by atoms with van der Waals surface area (Å²) in [4.78, 5) is 11.8. The predicted molar refractivity (Wildman–Crippen MR) is 105 cm³/mol. The topological polar surface area (TPSA) is 59.6 Å². The second-order valence-electron chi connectivity index (χ2n) is 5.52. The third-order valence-corrected chi connectivity index (χ3v) is 4.06. The lowest BCUT2D eigenvalue weighted by Gasteiger charge is -2.13. The lowest BCUT2D eigenvalue weighted by atomic mass is 10.1. The molecule has 1 heterocycles. The molecule has 1 fully saturated rings. The van der Waals surface area contributed by atoms with E-state index in [9.17, 15) is 4.79 Å². The van der Waals surface area contributed by atoms with Gasteiger partial charge in [-0.25, -0.2) is 0 Å². The molecule has 0 radical (unpaired) electrons. The number of amides is 1. The van der Waals surface area contributed by atoms with Crippen molar-refractivity contribution in [3.63, 3.8) is 0 Å². The second kappa shape index (κ2) is 8.21. The van der Waals surface area contributed by atoms with Crippen LogP contribution in [0, 0.1) is 0 Å². The smallest absolute Gasteiger partial charge is 0.273 e. The molecular weight excluding hydrogens is 372 g/mol. The van der Waals surface area contributed by atoms with Gasteiger partial charge in [0.05, 0.1) is 6.61 Å². The Morgan fingerprint density at radius 1 is 1.08 bits per heavy atom. The molecule has 0 saturated carbocycles. The van der Waals surface area contributed by atoms with Crippen LogP contribution in [-0.2, 0) is 11.4 Å². The van der Waals surface area contributed by atoms with Gasteiger partial charge in [0.1, 0.15) is 12.3 Å². The minimum Gasteiger partial charge on any atom is -0.490 e. The molecule has 7 heteroatoms. The Bertz CT molecular complexity index is 866. The normalized spacial score (nSPS) is 14.9. The van der Waals surface area contributed by atoms with Crippen LogP contribution in [0.15, 0.2) is 48.2 Å². The molecule has 1 aliphatic heterocycles. The Labute approximate surface area is 161 Å². The van der Waals surface area contributed by atoms with Crippen LogP contribution >= 0.6 is 23.8 Å². The van der Waals surface area contributed by atoms with E-state index in [0.29, 0.717) is 40.5 Å². The van der Waals surface area contributed by atoms with E-state index in [4.69, 9.17) is 33.3 Å². The molecule has 0 unspecified atom stereocenters. The molecule has 5 nitrogen and oxygen atoms in total. The van der Waals surface area contributed by atoms with Crippen LogP contribution in [0.2, 0.25) is 5.02 Å². The highest BCUT2D eigenvalue weighted by Crippen LogP contribution is 2.30. The van der Waals surface area contributed by atoms with Gasteiger partial charge in [-0.3, -0.25) is 10.1 Å². The van der Waals surface area contributed by atoms with E-state index in [2.05, 4.69) is 10.6 Å². The van der Waals surface area contributed by atoms with Crippen molar-refractivity contribution in [2.45, 2.75) is 13.5 Å². The number of benzene rings is 2. The lowest BCUT2D eigenvalue weighted by Crippen LogP contribution is -2.21. The molecule has 0 bridgehead atoms. The number of rotatable bonds is 6. The number of carbonyl (C=O) groups is 1. The van der Waals surface area contributed by atoms with Crippen LogP contribution in [0.25, 0.3) is 6.08 Å². The molecule has 2 N–H and O–H groups in total. The highest BCUT2D eigenvalue weighted by Gasteiger charge is 2.20. The monoisotopic (exact) mass is 388 g/mol. The van der Waals surface area contributed by atoms with Crippen molar-refractivity contribution in [3.8, 4) is 11.5 Å². The first-order valence-corrected chi connectivity index (χ1v) is 8.82. The minimum atomic E-state index is -0.254. The molecule has 0 atom stereocenters. The van der Waals surface area contributed by atoms with Crippen molar-refractivity contribution in [1.29, 1.82) is 0 Å². The van der Waals surface area contributed by atoms with Gasteiger partial charge >= 0.3 is 0 Å². The Morgan fingerprint density at radius 3 is 2.50 bits per heavy atom. The average molecular weight is 389 g/mol. The molecule has 2 aromatic carbocycles. The number of ether oxygens (including phenoxy) is 2. The second-order valence-corrected chi connectivity index (χ2v) is 6.37. The van der Waals surface area contributed by atoms with Gasteiger partial charge in [-0.05, 0) is 60.6 Å². The van der Waals surface area contributed by atoms with Crippen molar-refractivity contribution in [2.24, 2.45) is 0 Å². The summed E-state index contributed by atoms with van der Waals surface area (Å²) >= 11 is 10.8. The molecule has 1 amide bonds. The third-order valence-electron chi connectivity index (χ3n) is 3.61. The Hall–Kier alpha value is -2.57. The van der Waals surface area contributed by atoms with Crippen molar-refractivity contribution in [1.82, 2.24) is 10.6 Å². The van der Waals surface area contributed by atoms with Gasteiger partial charge in [0.15, 0.2) is 16.6 Å². The maximum atomic E-state index is 11.8. The van der Waals surface area contributed by atoms with Crippen molar-refractivity contribution in [3.05, 3.63) is 64.3 Å². The van der Waals surface area contributed by atoms with E-state index in [-0.39, 0.29) is 5.91 Å². The lowest BCUT2D eigenvalue weighted by molar-refractivity contribution is -0.115. The SMILES string of the molecule is CCOc1cc(/C=C2/NC(=S)NC2=O)ccc1OCc1ccc(Cl)cc1. The summed E-state index contributed by atoms with van der Waals surface area (Å²) in [5, 5.41) is 6.33. The van der Waals surface area contributed by atoms with Gasteiger partial charge < -0.3 is 14.8 Å². The Kier molecular flexibility index (Phi) is 5.75. The van der Waals surface area contributed by atoms with Crippen LogP contribution in [-0.4, -0.2) is 17.6 Å². The number of hydrogen-bond donors (Lipinski definition) is 2. The molecule has 2 aromatic rings. The van der Waals surface area contributed by atoms with Crippen molar-refractivity contribution < 1.29 is 14.3 Å². The first-order valence-electron chi connectivity index (χ1n) is 8.03. The number of halogens is 1. The van der Waals surface area contributed by atoms with Gasteiger partial charge in [-0.1, -0.05) is 29.8 Å². The fourth-order valence-corrected chi connectivity index (χ4v) is 2.72. The first kappa shape index (κ1) is 18.2. The highest BCUT2D eigenvalue weighted by atomic mass is 35.5. The molecule has 0 aromatic heterocycles. The van der Waals surface area contributed by atoms with E-state index in [1.165, 1.54) is 0 Å². The van der Waals surface area contributed by atoms with Gasteiger partial charge in [0.2, 0.25) is 0 Å². The van der Waals surface area contributed by atoms with Crippen molar-refractivity contribution >= 4 is 40.9 Å². The average Bonchev–Trinajstić information content (AvgIpc) is 2.93. The van der Waals surface area contributed by atoms with E-state index in [1.54, 1.807) is 6.08 Å². The minimum absolute atomic E-state index is 0.254. The quantitative estimate of drug-likeness (QED) is 0.584. The molecule has 0 aliphatic carbocycles. The van der Waals surface area contributed by atoms with Gasteiger partial charge in [0.25, 0.3) is 5.91 Å². The summed E-state index contributed by atoms with van der Waals surface area (Å²) in [6.07, 6.45) is 1.71. The first-order chi connectivity index (χ1) is 12.5. The standard InChI is InChI=1S/C19H17ClN2O3S/c1-2-24-17-10-13(9-15-18(23)22-19(26)21-15)5-8-16(17)25-11-12-3-6-14(20)7-4-12/h3-10H,2,11H2,1H3,(H2,21,22,23,26)/b15-9+. The van der Waals surface area contributed by atoms with Crippen LogP contribution in [0.1, 0.15) is 18.1 Å². The molecule has 1 saturated heterocycles. The fraction of sp³-hybridized carbons (Fsp3) is 0.158. The third kappa shape index (κ3) is 4.53.